The number of benzene rings is 1. The molecule has 7 nitrogen and oxygen atoms in total. The van der Waals surface area contributed by atoms with Gasteiger partial charge in [0.15, 0.2) is 11.0 Å². The molecule has 0 N–H and O–H groups in total. The van der Waals surface area contributed by atoms with Crippen molar-refractivity contribution in [2.24, 2.45) is 5.10 Å². The molecular weight excluding hydrogens is 384 g/mol. The minimum atomic E-state index is -0.00536. The van der Waals surface area contributed by atoms with Gasteiger partial charge >= 0.3 is 0 Å². The highest BCUT2D eigenvalue weighted by Gasteiger charge is 2.31. The van der Waals surface area contributed by atoms with Gasteiger partial charge in [-0.25, -0.2) is 5.01 Å². The molecule has 0 spiro atoms. The average molecular weight is 404 g/mol. The molecule has 1 amide bonds. The summed E-state index contributed by atoms with van der Waals surface area (Å²) >= 11 is 1.43. The summed E-state index contributed by atoms with van der Waals surface area (Å²) in [6.07, 6.45) is 6.56. The van der Waals surface area contributed by atoms with E-state index in [4.69, 9.17) is 0 Å². The molecule has 1 aliphatic carbocycles. The molecule has 1 aliphatic heterocycles. The maximum Gasteiger partial charge on any atom is 0.253 e. The molecule has 0 radical (unpaired) electrons. The molecule has 0 atom stereocenters. The molecule has 8 heteroatoms. The number of aromatic nitrogens is 4. The summed E-state index contributed by atoms with van der Waals surface area (Å²) < 4.78 is 2.15. The minimum Gasteiger partial charge on any atom is -0.299 e. The van der Waals surface area contributed by atoms with Crippen LogP contribution in [0.2, 0.25) is 0 Å². The molecule has 3 heterocycles. The van der Waals surface area contributed by atoms with Crippen LogP contribution in [0.15, 0.2) is 65.1 Å². The number of thioether (sulfide) groups is 1. The molecule has 1 fully saturated rings. The fourth-order valence-electron chi connectivity index (χ4n) is 3.40. The standard InChI is InChI=1S/C21H20N6OS/c28-19(26-12-10-18(25-26)15-5-2-1-3-6-15)14-29-21-24-23-20(27(21)17-8-9-17)16-7-4-11-22-13-16/h1-7,11,13,17H,8-10,12,14H2. The van der Waals surface area contributed by atoms with Crippen LogP contribution < -0.4 is 0 Å². The van der Waals surface area contributed by atoms with E-state index in [1.807, 2.05) is 42.5 Å². The maximum atomic E-state index is 12.7. The zero-order chi connectivity index (χ0) is 19.6. The molecular formula is C21H20N6OS. The van der Waals surface area contributed by atoms with Crippen LogP contribution in [0, 0.1) is 0 Å². The molecule has 1 aromatic carbocycles. The molecule has 5 rings (SSSR count). The van der Waals surface area contributed by atoms with Gasteiger partial charge in [0.1, 0.15) is 0 Å². The molecule has 2 aromatic heterocycles. The third-order valence-corrected chi connectivity index (χ3v) is 5.95. The van der Waals surface area contributed by atoms with Crippen LogP contribution in [-0.4, -0.2) is 48.7 Å². The van der Waals surface area contributed by atoms with Crippen LogP contribution >= 0.6 is 11.8 Å². The van der Waals surface area contributed by atoms with Crippen molar-refractivity contribution in [1.29, 1.82) is 0 Å². The first-order valence-electron chi connectivity index (χ1n) is 9.71. The third-order valence-electron chi connectivity index (χ3n) is 5.02. The van der Waals surface area contributed by atoms with Crippen molar-refractivity contribution in [2.75, 3.05) is 12.3 Å². The van der Waals surface area contributed by atoms with Crippen molar-refractivity contribution in [3.05, 3.63) is 60.4 Å². The van der Waals surface area contributed by atoms with Gasteiger partial charge in [0.25, 0.3) is 5.91 Å². The van der Waals surface area contributed by atoms with E-state index in [0.29, 0.717) is 18.3 Å². The van der Waals surface area contributed by atoms with Gasteiger partial charge < -0.3 is 0 Å². The summed E-state index contributed by atoms with van der Waals surface area (Å²) in [5.41, 5.74) is 2.98. The zero-order valence-corrected chi connectivity index (χ0v) is 16.6. The summed E-state index contributed by atoms with van der Waals surface area (Å²) in [5.74, 6) is 1.11. The number of rotatable bonds is 6. The van der Waals surface area contributed by atoms with Crippen molar-refractivity contribution < 1.29 is 4.79 Å². The average Bonchev–Trinajstić information content (AvgIpc) is 3.33. The smallest absolute Gasteiger partial charge is 0.253 e. The van der Waals surface area contributed by atoms with Crippen LogP contribution in [0.5, 0.6) is 0 Å². The van der Waals surface area contributed by atoms with Crippen LogP contribution in [0.4, 0.5) is 0 Å². The Kier molecular flexibility index (Phi) is 4.85. The van der Waals surface area contributed by atoms with E-state index in [1.54, 1.807) is 17.4 Å². The molecule has 2 aliphatic rings. The van der Waals surface area contributed by atoms with Crippen LogP contribution in [0.3, 0.4) is 0 Å². The predicted molar refractivity (Wildman–Crippen MR) is 112 cm³/mol. The summed E-state index contributed by atoms with van der Waals surface area (Å²) in [6.45, 7) is 0.625. The lowest BCUT2D eigenvalue weighted by molar-refractivity contribution is -0.127. The van der Waals surface area contributed by atoms with Gasteiger partial charge in [0.2, 0.25) is 0 Å². The first-order chi connectivity index (χ1) is 14.3. The van der Waals surface area contributed by atoms with Crippen molar-refractivity contribution >= 4 is 23.4 Å². The second kappa shape index (κ2) is 7.79. The summed E-state index contributed by atoms with van der Waals surface area (Å²) in [4.78, 5) is 16.9. The number of hydrazone groups is 1. The number of hydrogen-bond donors (Lipinski definition) is 0. The van der Waals surface area contributed by atoms with E-state index in [1.165, 1.54) is 11.8 Å². The fraction of sp³-hybridized carbons (Fsp3) is 0.286. The maximum absolute atomic E-state index is 12.7. The summed E-state index contributed by atoms with van der Waals surface area (Å²) in [5, 5.41) is 15.6. The topological polar surface area (TPSA) is 76.3 Å². The second-order valence-electron chi connectivity index (χ2n) is 7.12. The Hall–Kier alpha value is -3.00. The Balaban J connectivity index is 1.29. The number of carbonyl (C=O) groups excluding carboxylic acids is 1. The molecule has 0 unspecified atom stereocenters. The van der Waals surface area contributed by atoms with E-state index in [0.717, 1.165) is 47.1 Å². The fourth-order valence-corrected chi connectivity index (χ4v) is 4.28. The minimum absolute atomic E-state index is 0.00536. The first-order valence-corrected chi connectivity index (χ1v) is 10.7. The largest absolute Gasteiger partial charge is 0.299 e. The molecule has 29 heavy (non-hydrogen) atoms. The second-order valence-corrected chi connectivity index (χ2v) is 8.06. The van der Waals surface area contributed by atoms with E-state index in [2.05, 4.69) is 24.8 Å². The zero-order valence-electron chi connectivity index (χ0n) is 15.8. The van der Waals surface area contributed by atoms with Gasteiger partial charge in [0, 0.05) is 30.4 Å². The number of carbonyl (C=O) groups is 1. The lowest BCUT2D eigenvalue weighted by atomic mass is 10.1. The predicted octanol–water partition coefficient (Wildman–Crippen LogP) is 3.40. The number of hydrogen-bond acceptors (Lipinski definition) is 6. The highest BCUT2D eigenvalue weighted by molar-refractivity contribution is 7.99. The van der Waals surface area contributed by atoms with Crippen molar-refractivity contribution in [2.45, 2.75) is 30.5 Å². The Morgan fingerprint density at radius 1 is 1.07 bits per heavy atom. The van der Waals surface area contributed by atoms with Crippen LogP contribution in [0.25, 0.3) is 11.4 Å². The van der Waals surface area contributed by atoms with Gasteiger partial charge in [-0.1, -0.05) is 42.1 Å². The SMILES string of the molecule is O=C(CSc1nnc(-c2cccnc2)n1C1CC1)N1CCC(c2ccccc2)=N1. The number of nitrogens with zero attached hydrogens (tertiary/aromatic N) is 6. The number of amides is 1. The Morgan fingerprint density at radius 3 is 2.66 bits per heavy atom. The van der Waals surface area contributed by atoms with Crippen molar-refractivity contribution in [1.82, 2.24) is 24.8 Å². The third kappa shape index (κ3) is 3.80. The monoisotopic (exact) mass is 404 g/mol. The quantitative estimate of drug-likeness (QED) is 0.589. The molecule has 1 saturated carbocycles. The highest BCUT2D eigenvalue weighted by atomic mass is 32.2. The van der Waals surface area contributed by atoms with Gasteiger partial charge in [-0.3, -0.25) is 14.3 Å². The van der Waals surface area contributed by atoms with Gasteiger partial charge in [0.05, 0.1) is 18.0 Å². The normalized spacial score (nSPS) is 16.1. The van der Waals surface area contributed by atoms with Crippen LogP contribution in [0.1, 0.15) is 30.9 Å². The van der Waals surface area contributed by atoms with E-state index in [9.17, 15) is 4.79 Å². The lowest BCUT2D eigenvalue weighted by Gasteiger charge is -2.12. The molecule has 0 bridgehead atoms. The van der Waals surface area contributed by atoms with Gasteiger partial charge in [-0.15, -0.1) is 10.2 Å². The molecule has 3 aromatic rings. The number of pyridine rings is 1. The van der Waals surface area contributed by atoms with Crippen molar-refractivity contribution in [3.63, 3.8) is 0 Å². The Labute approximate surface area is 172 Å². The molecule has 146 valence electrons. The summed E-state index contributed by atoms with van der Waals surface area (Å²) in [7, 11) is 0. The first kappa shape index (κ1) is 18.1. The van der Waals surface area contributed by atoms with E-state index >= 15 is 0 Å². The Morgan fingerprint density at radius 2 is 1.90 bits per heavy atom. The lowest BCUT2D eigenvalue weighted by Crippen LogP contribution is -2.25. The van der Waals surface area contributed by atoms with E-state index in [-0.39, 0.29) is 5.91 Å². The van der Waals surface area contributed by atoms with Gasteiger partial charge in [-0.2, -0.15) is 5.10 Å². The van der Waals surface area contributed by atoms with E-state index < -0.39 is 0 Å². The highest BCUT2D eigenvalue weighted by Crippen LogP contribution is 2.41. The Bertz CT molecular complexity index is 1050. The van der Waals surface area contributed by atoms with Crippen LogP contribution in [-0.2, 0) is 4.79 Å². The summed E-state index contributed by atoms with van der Waals surface area (Å²) in [6, 6.07) is 14.3. The van der Waals surface area contributed by atoms with Crippen molar-refractivity contribution in [3.8, 4) is 11.4 Å². The van der Waals surface area contributed by atoms with Gasteiger partial charge in [-0.05, 0) is 30.5 Å². The molecule has 0 saturated heterocycles.